The van der Waals surface area contributed by atoms with Crippen LogP contribution >= 0.6 is 0 Å². The number of aryl methyl sites for hydroxylation is 1. The molecule has 0 fully saturated rings. The number of hydrogen-bond donors (Lipinski definition) is 1. The summed E-state index contributed by atoms with van der Waals surface area (Å²) in [6, 6.07) is 3.50. The first kappa shape index (κ1) is 15.0. The van der Waals surface area contributed by atoms with Gasteiger partial charge in [0.25, 0.3) is 0 Å². The van der Waals surface area contributed by atoms with Gasteiger partial charge in [-0.2, -0.15) is 0 Å². The van der Waals surface area contributed by atoms with Gasteiger partial charge in [-0.1, -0.05) is 19.4 Å². The van der Waals surface area contributed by atoms with E-state index >= 15 is 0 Å². The molecule has 1 aromatic rings. The molecule has 0 saturated heterocycles. The molecule has 0 saturated carbocycles. The van der Waals surface area contributed by atoms with Crippen LogP contribution in [0.4, 0.5) is 5.69 Å². The molecule has 0 aliphatic heterocycles. The Kier molecular flexibility index (Phi) is 4.76. The fraction of sp³-hybridized carbons (Fsp3) is 0.538. The Morgan fingerprint density at radius 1 is 1.28 bits per heavy atom. The minimum Gasteiger partial charge on any atom is -0.398 e. The Labute approximate surface area is 110 Å². The van der Waals surface area contributed by atoms with E-state index < -0.39 is 10.0 Å². The Morgan fingerprint density at radius 3 is 2.44 bits per heavy atom. The SMILES string of the molecule is CCCCN(C)S(=O)(=O)c1c(N)ccc(C)c1C. The predicted molar refractivity (Wildman–Crippen MR) is 75.1 cm³/mol. The number of sulfonamides is 1. The molecule has 102 valence electrons. The number of nitrogens with two attached hydrogens (primary N) is 1. The van der Waals surface area contributed by atoms with Crippen molar-refractivity contribution >= 4 is 15.7 Å². The predicted octanol–water partition coefficient (Wildman–Crippen LogP) is 2.31. The quantitative estimate of drug-likeness (QED) is 0.835. The third kappa shape index (κ3) is 2.84. The summed E-state index contributed by atoms with van der Waals surface area (Å²) in [4.78, 5) is 0.251. The van der Waals surface area contributed by atoms with E-state index in [0.29, 0.717) is 12.2 Å². The lowest BCUT2D eigenvalue weighted by atomic mass is 10.1. The smallest absolute Gasteiger partial charge is 0.245 e. The lowest BCUT2D eigenvalue weighted by molar-refractivity contribution is 0.459. The van der Waals surface area contributed by atoms with E-state index in [-0.39, 0.29) is 4.90 Å². The van der Waals surface area contributed by atoms with Crippen LogP contribution < -0.4 is 5.73 Å². The molecule has 0 bridgehead atoms. The first-order valence-electron chi connectivity index (χ1n) is 6.14. The zero-order chi connectivity index (χ0) is 13.9. The number of benzene rings is 1. The van der Waals surface area contributed by atoms with Gasteiger partial charge in [0.1, 0.15) is 4.90 Å². The second-order valence-electron chi connectivity index (χ2n) is 4.61. The van der Waals surface area contributed by atoms with Crippen LogP contribution in [0, 0.1) is 13.8 Å². The van der Waals surface area contributed by atoms with Gasteiger partial charge in [0.2, 0.25) is 10.0 Å². The fourth-order valence-electron chi connectivity index (χ4n) is 1.81. The molecule has 4 nitrogen and oxygen atoms in total. The van der Waals surface area contributed by atoms with Crippen LogP contribution in [-0.4, -0.2) is 26.3 Å². The van der Waals surface area contributed by atoms with E-state index in [1.54, 1.807) is 20.0 Å². The van der Waals surface area contributed by atoms with E-state index in [9.17, 15) is 8.42 Å². The molecular formula is C13H22N2O2S. The van der Waals surface area contributed by atoms with Crippen molar-refractivity contribution < 1.29 is 8.42 Å². The summed E-state index contributed by atoms with van der Waals surface area (Å²) < 4.78 is 26.3. The van der Waals surface area contributed by atoms with Gasteiger partial charge in [-0.15, -0.1) is 0 Å². The van der Waals surface area contributed by atoms with Gasteiger partial charge in [-0.25, -0.2) is 12.7 Å². The van der Waals surface area contributed by atoms with Crippen molar-refractivity contribution in [3.05, 3.63) is 23.3 Å². The van der Waals surface area contributed by atoms with Crippen LogP contribution in [0.25, 0.3) is 0 Å². The van der Waals surface area contributed by atoms with Crippen molar-refractivity contribution in [3.8, 4) is 0 Å². The number of hydrogen-bond acceptors (Lipinski definition) is 3. The van der Waals surface area contributed by atoms with E-state index in [4.69, 9.17) is 5.73 Å². The molecule has 0 spiro atoms. The molecule has 0 radical (unpaired) electrons. The standard InChI is InChI=1S/C13H22N2O2S/c1-5-6-9-15(4)18(16,17)13-11(3)10(2)7-8-12(13)14/h7-8H,5-6,9,14H2,1-4H3. The molecule has 0 amide bonds. The number of anilines is 1. The zero-order valence-corrected chi connectivity index (χ0v) is 12.3. The first-order valence-corrected chi connectivity index (χ1v) is 7.58. The molecule has 0 heterocycles. The Hall–Kier alpha value is -1.07. The van der Waals surface area contributed by atoms with E-state index in [1.165, 1.54) is 4.31 Å². The van der Waals surface area contributed by atoms with Crippen molar-refractivity contribution in [3.63, 3.8) is 0 Å². The molecule has 0 aliphatic carbocycles. The van der Waals surface area contributed by atoms with Crippen LogP contribution in [-0.2, 0) is 10.0 Å². The van der Waals surface area contributed by atoms with Crippen molar-refractivity contribution in [1.82, 2.24) is 4.31 Å². The highest BCUT2D eigenvalue weighted by molar-refractivity contribution is 7.89. The number of nitrogens with zero attached hydrogens (tertiary/aromatic N) is 1. The highest BCUT2D eigenvalue weighted by atomic mass is 32.2. The van der Waals surface area contributed by atoms with E-state index in [2.05, 4.69) is 0 Å². The van der Waals surface area contributed by atoms with Gasteiger partial charge >= 0.3 is 0 Å². The van der Waals surface area contributed by atoms with Crippen LogP contribution in [0.1, 0.15) is 30.9 Å². The Balaban J connectivity index is 3.24. The van der Waals surface area contributed by atoms with Crippen molar-refractivity contribution in [2.75, 3.05) is 19.3 Å². The van der Waals surface area contributed by atoms with Crippen LogP contribution in [0.5, 0.6) is 0 Å². The monoisotopic (exact) mass is 270 g/mol. The summed E-state index contributed by atoms with van der Waals surface area (Å²) in [5, 5.41) is 0. The largest absolute Gasteiger partial charge is 0.398 e. The molecular weight excluding hydrogens is 248 g/mol. The minimum atomic E-state index is -3.49. The fourth-order valence-corrected chi connectivity index (χ4v) is 3.41. The second-order valence-corrected chi connectivity index (χ2v) is 6.59. The first-order chi connectivity index (χ1) is 8.32. The third-order valence-corrected chi connectivity index (χ3v) is 5.26. The average molecular weight is 270 g/mol. The highest BCUT2D eigenvalue weighted by Crippen LogP contribution is 2.27. The normalized spacial score (nSPS) is 12.1. The summed E-state index contributed by atoms with van der Waals surface area (Å²) in [6.45, 7) is 6.24. The van der Waals surface area contributed by atoms with Gasteiger partial charge in [-0.3, -0.25) is 0 Å². The number of unbranched alkanes of at least 4 members (excludes halogenated alkanes) is 1. The molecule has 0 aliphatic rings. The Morgan fingerprint density at radius 2 is 1.89 bits per heavy atom. The number of nitrogen functional groups attached to an aromatic ring is 1. The summed E-state index contributed by atoms with van der Waals surface area (Å²) in [6.07, 6.45) is 1.81. The van der Waals surface area contributed by atoms with Gasteiger partial charge < -0.3 is 5.73 Å². The minimum absolute atomic E-state index is 0.251. The maximum absolute atomic E-state index is 12.5. The molecule has 1 aromatic carbocycles. The van der Waals surface area contributed by atoms with Crippen LogP contribution in [0.3, 0.4) is 0 Å². The zero-order valence-electron chi connectivity index (χ0n) is 11.5. The molecule has 1 rings (SSSR count). The second kappa shape index (κ2) is 5.71. The van der Waals surface area contributed by atoms with Crippen molar-refractivity contribution in [2.45, 2.75) is 38.5 Å². The van der Waals surface area contributed by atoms with Gasteiger partial charge in [0.15, 0.2) is 0 Å². The molecule has 0 aromatic heterocycles. The molecule has 0 atom stereocenters. The Bertz CT molecular complexity index is 524. The van der Waals surface area contributed by atoms with Gasteiger partial charge in [0.05, 0.1) is 5.69 Å². The molecule has 18 heavy (non-hydrogen) atoms. The summed E-state index contributed by atoms with van der Waals surface area (Å²) in [5.41, 5.74) is 7.83. The molecule has 2 N–H and O–H groups in total. The van der Waals surface area contributed by atoms with E-state index in [0.717, 1.165) is 24.0 Å². The summed E-state index contributed by atoms with van der Waals surface area (Å²) in [7, 11) is -1.88. The molecule has 5 heteroatoms. The van der Waals surface area contributed by atoms with Gasteiger partial charge in [-0.05, 0) is 37.5 Å². The lowest BCUT2D eigenvalue weighted by Crippen LogP contribution is -2.29. The summed E-state index contributed by atoms with van der Waals surface area (Å²) in [5.74, 6) is 0. The molecule has 0 unspecified atom stereocenters. The van der Waals surface area contributed by atoms with Crippen LogP contribution in [0.15, 0.2) is 17.0 Å². The van der Waals surface area contributed by atoms with Crippen molar-refractivity contribution in [1.29, 1.82) is 0 Å². The summed E-state index contributed by atoms with van der Waals surface area (Å²) >= 11 is 0. The maximum atomic E-state index is 12.5. The highest BCUT2D eigenvalue weighted by Gasteiger charge is 2.25. The topological polar surface area (TPSA) is 63.4 Å². The van der Waals surface area contributed by atoms with Gasteiger partial charge in [0, 0.05) is 13.6 Å². The average Bonchev–Trinajstić information content (AvgIpc) is 2.31. The van der Waals surface area contributed by atoms with E-state index in [1.807, 2.05) is 19.9 Å². The van der Waals surface area contributed by atoms with Crippen LogP contribution in [0.2, 0.25) is 0 Å². The van der Waals surface area contributed by atoms with Crippen molar-refractivity contribution in [2.24, 2.45) is 0 Å². The maximum Gasteiger partial charge on any atom is 0.245 e. The lowest BCUT2D eigenvalue weighted by Gasteiger charge is -2.20. The number of rotatable bonds is 5. The third-order valence-electron chi connectivity index (χ3n) is 3.20.